The molecule has 0 aromatic rings. The largest absolute Gasteiger partial charge is 0.393 e. The highest BCUT2D eigenvalue weighted by atomic mass is 16.7. The van der Waals surface area contributed by atoms with Gasteiger partial charge in [0.1, 0.15) is 6.04 Å². The minimum absolute atomic E-state index is 0.00122. The van der Waals surface area contributed by atoms with Gasteiger partial charge >= 0.3 is 0 Å². The summed E-state index contributed by atoms with van der Waals surface area (Å²) in [5.41, 5.74) is 6.55. The second-order valence-corrected chi connectivity index (χ2v) is 17.8. The number of fused-ring (bicyclic) bond motifs is 2. The van der Waals surface area contributed by atoms with Gasteiger partial charge in [-0.2, -0.15) is 5.06 Å². The number of aliphatic hydroxyl groups is 1. The van der Waals surface area contributed by atoms with Crippen molar-refractivity contribution in [2.24, 2.45) is 64.4 Å². The summed E-state index contributed by atoms with van der Waals surface area (Å²) >= 11 is 0. The van der Waals surface area contributed by atoms with E-state index in [9.17, 15) is 14.7 Å². The Hall–Kier alpha value is -1.30. The number of hydrogen-bond donors (Lipinski definition) is 4. The Labute approximate surface area is 290 Å². The first kappa shape index (κ1) is 37.9. The Kier molecular flexibility index (Phi) is 12.3. The number of nitrogens with one attached hydrogen (secondary N) is 2. The van der Waals surface area contributed by atoms with Crippen LogP contribution in [0.1, 0.15) is 92.9 Å². The third kappa shape index (κ3) is 7.64. The van der Waals surface area contributed by atoms with Crippen molar-refractivity contribution in [2.45, 2.75) is 129 Å². The summed E-state index contributed by atoms with van der Waals surface area (Å²) in [6.07, 6.45) is 7.04. The maximum absolute atomic E-state index is 14.3. The molecule has 6 rings (SSSR count). The van der Waals surface area contributed by atoms with Gasteiger partial charge in [0.05, 0.1) is 18.3 Å². The minimum atomic E-state index is -0.739. The summed E-state index contributed by atoms with van der Waals surface area (Å²) in [4.78, 5) is 36.4. The lowest BCUT2D eigenvalue weighted by Gasteiger charge is -2.62. The Bertz CT molecular complexity index is 1100. The van der Waals surface area contributed by atoms with Crippen LogP contribution in [0.3, 0.4) is 0 Å². The van der Waals surface area contributed by atoms with Gasteiger partial charge in [-0.15, -0.1) is 0 Å². The molecule has 6 aliphatic rings. The van der Waals surface area contributed by atoms with Crippen molar-refractivity contribution in [1.29, 1.82) is 0 Å². The fourth-order valence-corrected chi connectivity index (χ4v) is 10.9. The van der Waals surface area contributed by atoms with E-state index in [0.717, 1.165) is 44.9 Å². The number of ether oxygens (including phenoxy) is 1. The predicted molar refractivity (Wildman–Crippen MR) is 188 cm³/mol. The molecule has 0 radical (unpaired) electrons. The van der Waals surface area contributed by atoms with Crippen molar-refractivity contribution in [3.8, 4) is 0 Å². The summed E-state index contributed by atoms with van der Waals surface area (Å²) in [6, 6.07) is -0.130. The average Bonchev–Trinajstić information content (AvgIpc) is 3.42. The molecule has 1 heterocycles. The summed E-state index contributed by atoms with van der Waals surface area (Å²) in [5.74, 6) is 2.67. The monoisotopic (exact) mass is 676 g/mol. The van der Waals surface area contributed by atoms with Gasteiger partial charge in [-0.3, -0.25) is 14.4 Å². The normalized spacial score (nSPS) is 42.0. The van der Waals surface area contributed by atoms with Crippen LogP contribution in [-0.2, 0) is 19.2 Å². The maximum Gasteiger partial charge on any atom is 0.240 e. The van der Waals surface area contributed by atoms with Gasteiger partial charge < -0.3 is 31.1 Å². The topological polar surface area (TPSA) is 129 Å². The molecule has 2 amide bonds. The minimum Gasteiger partial charge on any atom is -0.393 e. The second-order valence-electron chi connectivity index (χ2n) is 17.8. The third-order valence-corrected chi connectivity index (χ3v) is 13.9. The summed E-state index contributed by atoms with van der Waals surface area (Å²) in [5, 5.41) is 19.5. The zero-order valence-electron chi connectivity index (χ0n) is 31.5. The van der Waals surface area contributed by atoms with Gasteiger partial charge in [0, 0.05) is 56.6 Å². The molecule has 1 aliphatic heterocycles. The molecule has 5 aliphatic carbocycles. The van der Waals surface area contributed by atoms with E-state index >= 15 is 0 Å². The number of nitrogens with two attached hydrogens (primary N) is 1. The van der Waals surface area contributed by atoms with Gasteiger partial charge in [-0.1, -0.05) is 41.0 Å². The summed E-state index contributed by atoms with van der Waals surface area (Å²) < 4.78 is 6.37. The lowest BCUT2D eigenvalue weighted by atomic mass is 9.45. The highest BCUT2D eigenvalue weighted by molar-refractivity contribution is 5.83. The highest BCUT2D eigenvalue weighted by Gasteiger charge is 2.58. The molecule has 0 spiro atoms. The number of carbonyl (C=O) groups is 2. The molecule has 1 saturated heterocycles. The van der Waals surface area contributed by atoms with Gasteiger partial charge in [0.15, 0.2) is 0 Å². The first-order valence-corrected chi connectivity index (χ1v) is 19.3. The Morgan fingerprint density at radius 1 is 1.08 bits per heavy atom. The van der Waals surface area contributed by atoms with Crippen LogP contribution in [0.4, 0.5) is 0 Å². The van der Waals surface area contributed by atoms with E-state index in [-0.39, 0.29) is 42.3 Å². The number of aliphatic hydroxyl groups excluding tert-OH is 1. The maximum atomic E-state index is 14.3. The van der Waals surface area contributed by atoms with Crippen LogP contribution in [-0.4, -0.2) is 104 Å². The molecule has 5 N–H and O–H groups in total. The molecule has 2 bridgehead atoms. The number of hydroxylamine groups is 2. The molecule has 14 atom stereocenters. The van der Waals surface area contributed by atoms with Crippen molar-refractivity contribution in [2.75, 3.05) is 40.8 Å². The molecular weight excluding hydrogens is 606 g/mol. The van der Waals surface area contributed by atoms with Crippen molar-refractivity contribution in [3.63, 3.8) is 0 Å². The Balaban J connectivity index is 1.32. The fraction of sp³-hybridized carbons (Fsp3) is 0.947. The van der Waals surface area contributed by atoms with Gasteiger partial charge in [0.2, 0.25) is 11.8 Å². The van der Waals surface area contributed by atoms with Crippen LogP contribution in [0.2, 0.25) is 0 Å². The third-order valence-electron chi connectivity index (χ3n) is 13.9. The average molecular weight is 676 g/mol. The lowest BCUT2D eigenvalue weighted by Crippen LogP contribution is -2.62. The van der Waals surface area contributed by atoms with E-state index in [1.807, 2.05) is 12.2 Å². The zero-order chi connectivity index (χ0) is 35.1. The zero-order valence-corrected chi connectivity index (χ0v) is 31.5. The standard InChI is InChI=1S/C38H69N5O5/c1-21(2)19-40-36(45)26-13-25(14-28(15-26)42(7)8)29-12-10-11-24(35(29)47-9)20-43-34(33(23(4)44)32(18-39)48-43)37(46)41-31-17-27-16-30(22(31)3)38(27,5)6/h21-35,44H,10-20,39H2,1-9H3,(H,40,45)(H,41,46)/t22-,23-,24?,25?,26?,27+,28?,29?,30-,31-,32-,33-,34-,35?/m0/s1. The fourth-order valence-electron chi connectivity index (χ4n) is 10.9. The van der Waals surface area contributed by atoms with Crippen molar-refractivity contribution >= 4 is 11.8 Å². The first-order valence-electron chi connectivity index (χ1n) is 19.3. The van der Waals surface area contributed by atoms with Gasteiger partial charge in [0.25, 0.3) is 0 Å². The van der Waals surface area contributed by atoms with Crippen LogP contribution in [0.5, 0.6) is 0 Å². The smallest absolute Gasteiger partial charge is 0.240 e. The van der Waals surface area contributed by atoms with Crippen LogP contribution in [0.15, 0.2) is 0 Å². The SMILES string of the molecule is COC1C(CN2O[C@@H](CN)[C@H]([C@H](C)O)[C@H]2C(=O)N[C@H]2C[C@H]3C[C@@H]([C@@H]2C)C3(C)C)CCCC1C1CC(C(=O)NCC(C)C)CC(N(C)C)C1. The predicted octanol–water partition coefficient (Wildman–Crippen LogP) is 3.66. The van der Waals surface area contributed by atoms with Crippen molar-refractivity contribution < 1.29 is 24.3 Å². The molecule has 5 saturated carbocycles. The highest BCUT2D eigenvalue weighted by Crippen LogP contribution is 2.61. The van der Waals surface area contributed by atoms with Crippen LogP contribution in [0.25, 0.3) is 0 Å². The number of amides is 2. The van der Waals surface area contributed by atoms with E-state index in [2.05, 4.69) is 64.2 Å². The molecule has 6 fully saturated rings. The summed E-state index contributed by atoms with van der Waals surface area (Å²) in [6.45, 7) is 14.6. The number of carbonyl (C=O) groups excluding carboxylic acids is 2. The quantitative estimate of drug-likeness (QED) is 0.247. The molecule has 6 unspecified atom stereocenters. The molecule has 0 aromatic carbocycles. The second kappa shape index (κ2) is 15.5. The summed E-state index contributed by atoms with van der Waals surface area (Å²) in [7, 11) is 6.09. The van der Waals surface area contributed by atoms with Gasteiger partial charge in [-0.25, -0.2) is 0 Å². The van der Waals surface area contributed by atoms with Crippen molar-refractivity contribution in [3.05, 3.63) is 0 Å². The molecule has 48 heavy (non-hydrogen) atoms. The van der Waals surface area contributed by atoms with Crippen LogP contribution in [0, 0.1) is 58.7 Å². The number of methoxy groups -OCH3 is 1. The van der Waals surface area contributed by atoms with E-state index in [1.54, 1.807) is 6.92 Å². The molecule has 276 valence electrons. The van der Waals surface area contributed by atoms with E-state index in [1.165, 1.54) is 6.42 Å². The lowest BCUT2D eigenvalue weighted by molar-refractivity contribution is -0.186. The number of nitrogens with zero attached hydrogens (tertiary/aromatic N) is 2. The number of hydrogen-bond acceptors (Lipinski definition) is 8. The number of rotatable bonds is 12. The van der Waals surface area contributed by atoms with E-state index in [0.29, 0.717) is 60.1 Å². The molecule has 10 nitrogen and oxygen atoms in total. The van der Waals surface area contributed by atoms with Gasteiger partial charge in [-0.05, 0) is 107 Å². The molecule has 10 heteroatoms. The van der Waals surface area contributed by atoms with E-state index in [4.69, 9.17) is 15.3 Å². The van der Waals surface area contributed by atoms with E-state index < -0.39 is 24.2 Å². The molecule has 0 aromatic heterocycles. The van der Waals surface area contributed by atoms with Crippen LogP contribution < -0.4 is 16.4 Å². The van der Waals surface area contributed by atoms with Crippen molar-refractivity contribution in [1.82, 2.24) is 20.6 Å². The molecular formula is C38H69N5O5. The Morgan fingerprint density at radius 3 is 2.40 bits per heavy atom. The Morgan fingerprint density at radius 2 is 1.81 bits per heavy atom. The van der Waals surface area contributed by atoms with Crippen LogP contribution >= 0.6 is 0 Å². The first-order chi connectivity index (χ1) is 22.7.